The van der Waals surface area contributed by atoms with Crippen molar-refractivity contribution in [2.45, 2.75) is 6.92 Å². The van der Waals surface area contributed by atoms with Gasteiger partial charge in [0.15, 0.2) is 0 Å². The first-order valence-corrected chi connectivity index (χ1v) is 12.8. The molecule has 0 aliphatic heterocycles. The molecule has 0 atom stereocenters. The Balaban J connectivity index is 1.56. The molecule has 2 aromatic heterocycles. The van der Waals surface area contributed by atoms with E-state index in [-0.39, 0.29) is 0 Å². The number of benzene rings is 4. The van der Waals surface area contributed by atoms with Crippen LogP contribution in [0, 0.1) is 6.92 Å². The van der Waals surface area contributed by atoms with Crippen molar-refractivity contribution in [3.05, 3.63) is 152 Å². The molecule has 0 amide bonds. The van der Waals surface area contributed by atoms with Crippen LogP contribution in [-0.2, 0) is 0 Å². The highest BCUT2D eigenvalue weighted by atomic mass is 15.0. The highest BCUT2D eigenvalue weighted by molar-refractivity contribution is 6.09. The van der Waals surface area contributed by atoms with Gasteiger partial charge in [0.05, 0.1) is 22.4 Å². The molecule has 0 aliphatic rings. The number of fused-ring (bicyclic) bond motifs is 3. The number of rotatable bonds is 6. The molecule has 2 nitrogen and oxygen atoms in total. The van der Waals surface area contributed by atoms with Crippen LogP contribution in [0.1, 0.15) is 11.1 Å². The molecule has 0 N–H and O–H groups in total. The summed E-state index contributed by atoms with van der Waals surface area (Å²) in [6.45, 7) is 10.0. The highest BCUT2D eigenvalue weighted by Gasteiger charge is 2.14. The van der Waals surface area contributed by atoms with Gasteiger partial charge in [-0.25, -0.2) is 4.98 Å². The molecule has 2 heterocycles. The fraction of sp³-hybridized carbons (Fsp3) is 0.0278. The van der Waals surface area contributed by atoms with Gasteiger partial charge in [-0.1, -0.05) is 110 Å². The van der Waals surface area contributed by atoms with E-state index < -0.39 is 0 Å². The predicted molar refractivity (Wildman–Crippen MR) is 163 cm³/mol. The van der Waals surface area contributed by atoms with E-state index in [1.54, 1.807) is 6.08 Å². The SMILES string of the molecule is C=C/C=C(\C=C)c1cc(-c2ccc(C)cc2)nc(-c2cccc(-n3c4ccccc4c4ccccc43)c2)c1. The minimum Gasteiger partial charge on any atom is -0.309 e. The molecule has 0 spiro atoms. The number of hydrogen-bond donors (Lipinski definition) is 0. The van der Waals surface area contributed by atoms with Crippen LogP contribution in [0.4, 0.5) is 0 Å². The van der Waals surface area contributed by atoms with Crippen LogP contribution in [0.5, 0.6) is 0 Å². The first-order chi connectivity index (χ1) is 18.7. The van der Waals surface area contributed by atoms with Crippen molar-refractivity contribution in [3.8, 4) is 28.2 Å². The van der Waals surface area contributed by atoms with Crippen LogP contribution in [0.15, 0.2) is 141 Å². The summed E-state index contributed by atoms with van der Waals surface area (Å²) in [5.41, 5.74) is 10.8. The fourth-order valence-electron chi connectivity index (χ4n) is 5.13. The Morgan fingerprint density at radius 1 is 0.684 bits per heavy atom. The second kappa shape index (κ2) is 9.84. The van der Waals surface area contributed by atoms with Crippen molar-refractivity contribution in [2.24, 2.45) is 0 Å². The number of para-hydroxylation sites is 2. The summed E-state index contributed by atoms with van der Waals surface area (Å²) in [4.78, 5) is 5.13. The summed E-state index contributed by atoms with van der Waals surface area (Å²) in [6.07, 6.45) is 5.65. The van der Waals surface area contributed by atoms with Crippen molar-refractivity contribution in [1.29, 1.82) is 0 Å². The molecule has 0 fully saturated rings. The number of allylic oxidation sites excluding steroid dienone is 4. The summed E-state index contributed by atoms with van der Waals surface area (Å²) in [6, 6.07) is 38.6. The number of aromatic nitrogens is 2. The monoisotopic (exact) mass is 488 g/mol. The normalized spacial score (nSPS) is 11.7. The third-order valence-corrected chi connectivity index (χ3v) is 7.00. The van der Waals surface area contributed by atoms with Crippen molar-refractivity contribution in [3.63, 3.8) is 0 Å². The van der Waals surface area contributed by atoms with E-state index in [1.807, 2.05) is 12.2 Å². The Morgan fingerprint density at radius 3 is 1.95 bits per heavy atom. The molecule has 0 radical (unpaired) electrons. The zero-order chi connectivity index (χ0) is 26.1. The number of nitrogens with zero attached hydrogens (tertiary/aromatic N) is 2. The molecule has 182 valence electrons. The average Bonchev–Trinajstić information content (AvgIpc) is 3.30. The van der Waals surface area contributed by atoms with Crippen molar-refractivity contribution < 1.29 is 0 Å². The minimum atomic E-state index is 0.914. The smallest absolute Gasteiger partial charge is 0.0716 e. The summed E-state index contributed by atoms with van der Waals surface area (Å²) >= 11 is 0. The maximum absolute atomic E-state index is 5.13. The van der Waals surface area contributed by atoms with Crippen LogP contribution >= 0.6 is 0 Å². The lowest BCUT2D eigenvalue weighted by atomic mass is 9.99. The quantitative estimate of drug-likeness (QED) is 0.213. The van der Waals surface area contributed by atoms with Crippen LogP contribution in [0.2, 0.25) is 0 Å². The average molecular weight is 489 g/mol. The van der Waals surface area contributed by atoms with E-state index in [4.69, 9.17) is 4.98 Å². The predicted octanol–water partition coefficient (Wildman–Crippen LogP) is 9.58. The summed E-state index contributed by atoms with van der Waals surface area (Å²) in [7, 11) is 0. The van der Waals surface area contributed by atoms with E-state index in [2.05, 4.69) is 134 Å². The van der Waals surface area contributed by atoms with Gasteiger partial charge >= 0.3 is 0 Å². The van der Waals surface area contributed by atoms with Crippen LogP contribution in [-0.4, -0.2) is 9.55 Å². The zero-order valence-electron chi connectivity index (χ0n) is 21.4. The van der Waals surface area contributed by atoms with E-state index in [1.165, 1.54) is 27.4 Å². The Kier molecular flexibility index (Phi) is 6.07. The molecule has 0 bridgehead atoms. The first-order valence-electron chi connectivity index (χ1n) is 12.8. The number of aryl methyl sites for hydroxylation is 1. The van der Waals surface area contributed by atoms with Gasteiger partial charge in [-0.2, -0.15) is 0 Å². The maximum atomic E-state index is 5.13. The number of pyridine rings is 1. The minimum absolute atomic E-state index is 0.914. The molecular weight excluding hydrogens is 460 g/mol. The molecule has 6 rings (SSSR count). The van der Waals surface area contributed by atoms with Crippen molar-refractivity contribution in [2.75, 3.05) is 0 Å². The van der Waals surface area contributed by atoms with Gasteiger partial charge < -0.3 is 4.57 Å². The van der Waals surface area contributed by atoms with Crippen LogP contribution in [0.3, 0.4) is 0 Å². The van der Waals surface area contributed by atoms with E-state index >= 15 is 0 Å². The Bertz CT molecular complexity index is 1800. The Labute approximate surface area is 223 Å². The molecule has 2 heteroatoms. The second-order valence-corrected chi connectivity index (χ2v) is 9.47. The lowest BCUT2D eigenvalue weighted by Crippen LogP contribution is -1.96. The Morgan fingerprint density at radius 2 is 1.32 bits per heavy atom. The molecule has 6 aromatic rings. The lowest BCUT2D eigenvalue weighted by Gasteiger charge is -2.13. The summed E-state index contributed by atoms with van der Waals surface area (Å²) in [5.74, 6) is 0. The van der Waals surface area contributed by atoms with Crippen LogP contribution < -0.4 is 0 Å². The van der Waals surface area contributed by atoms with E-state index in [9.17, 15) is 0 Å². The van der Waals surface area contributed by atoms with Gasteiger partial charge in [0.1, 0.15) is 0 Å². The van der Waals surface area contributed by atoms with Gasteiger partial charge in [-0.15, -0.1) is 0 Å². The fourth-order valence-corrected chi connectivity index (χ4v) is 5.13. The van der Waals surface area contributed by atoms with Gasteiger partial charge in [0.2, 0.25) is 0 Å². The largest absolute Gasteiger partial charge is 0.309 e. The van der Waals surface area contributed by atoms with Gasteiger partial charge in [0, 0.05) is 27.6 Å². The third-order valence-electron chi connectivity index (χ3n) is 7.00. The number of hydrogen-bond acceptors (Lipinski definition) is 1. The summed E-state index contributed by atoms with van der Waals surface area (Å²) < 4.78 is 2.34. The molecule has 0 unspecified atom stereocenters. The standard InChI is InChI=1S/C36H28N2/c1-4-11-26(5-2)29-23-33(27-20-18-25(3)19-21-27)37-34(24-29)28-12-10-13-30(22-28)38-35-16-8-6-14-31(35)32-15-7-9-17-36(32)38/h4-24H,1-2H2,3H3/b26-11+. The molecule has 0 saturated carbocycles. The Hall–Kier alpha value is -4.95. The van der Waals surface area contributed by atoms with Crippen LogP contribution in [0.25, 0.3) is 55.6 Å². The van der Waals surface area contributed by atoms with Gasteiger partial charge in [-0.05, 0) is 54.5 Å². The van der Waals surface area contributed by atoms with Crippen molar-refractivity contribution >= 4 is 27.4 Å². The second-order valence-electron chi connectivity index (χ2n) is 9.47. The summed E-state index contributed by atoms with van der Waals surface area (Å²) in [5, 5.41) is 2.50. The topological polar surface area (TPSA) is 17.8 Å². The lowest BCUT2D eigenvalue weighted by molar-refractivity contribution is 1.18. The highest BCUT2D eigenvalue weighted by Crippen LogP contribution is 2.34. The van der Waals surface area contributed by atoms with E-state index in [0.717, 1.165) is 39.3 Å². The maximum Gasteiger partial charge on any atom is 0.0716 e. The molecule has 4 aromatic carbocycles. The first kappa shape index (κ1) is 23.4. The molecular formula is C36H28N2. The van der Waals surface area contributed by atoms with Gasteiger partial charge in [0.25, 0.3) is 0 Å². The third kappa shape index (κ3) is 4.16. The van der Waals surface area contributed by atoms with E-state index in [0.29, 0.717) is 0 Å². The molecule has 0 aliphatic carbocycles. The van der Waals surface area contributed by atoms with Gasteiger partial charge in [-0.3, -0.25) is 0 Å². The molecule has 38 heavy (non-hydrogen) atoms. The van der Waals surface area contributed by atoms with Crippen molar-refractivity contribution in [1.82, 2.24) is 9.55 Å². The zero-order valence-corrected chi connectivity index (χ0v) is 21.4. The molecule has 0 saturated heterocycles.